The second-order valence-electron chi connectivity index (χ2n) is 5.82. The summed E-state index contributed by atoms with van der Waals surface area (Å²) in [5.41, 5.74) is 0.429. The first-order chi connectivity index (χ1) is 9.42. The fourth-order valence-corrected chi connectivity index (χ4v) is 2.75. The summed E-state index contributed by atoms with van der Waals surface area (Å²) in [6.07, 6.45) is 4.70. The molecule has 1 atom stereocenters. The summed E-state index contributed by atoms with van der Waals surface area (Å²) in [7, 11) is 0. The van der Waals surface area contributed by atoms with Crippen molar-refractivity contribution < 1.29 is 19.1 Å². The normalized spacial score (nSPS) is 21.5. The monoisotopic (exact) mass is 280 g/mol. The summed E-state index contributed by atoms with van der Waals surface area (Å²) < 4.78 is 4.93. The van der Waals surface area contributed by atoms with Gasteiger partial charge in [-0.05, 0) is 24.3 Å². The van der Waals surface area contributed by atoms with Crippen molar-refractivity contribution in [2.24, 2.45) is 5.41 Å². The molecule has 1 aromatic heterocycles. The van der Waals surface area contributed by atoms with Crippen LogP contribution in [0.4, 0.5) is 4.79 Å². The first-order valence-electron chi connectivity index (χ1n) is 6.70. The van der Waals surface area contributed by atoms with E-state index < -0.39 is 17.4 Å². The van der Waals surface area contributed by atoms with Crippen LogP contribution in [0.3, 0.4) is 0 Å². The zero-order chi connectivity index (χ0) is 14.8. The molecule has 2 amide bonds. The summed E-state index contributed by atoms with van der Waals surface area (Å²) in [5, 5.41) is 12.1. The molecule has 0 saturated carbocycles. The minimum atomic E-state index is -0.951. The van der Waals surface area contributed by atoms with Crippen molar-refractivity contribution in [1.82, 2.24) is 10.2 Å². The number of furan rings is 1. The predicted molar refractivity (Wildman–Crippen MR) is 72.1 cm³/mol. The fraction of sp³-hybridized carbons (Fsp3) is 0.571. The molecule has 2 heterocycles. The largest absolute Gasteiger partial charge is 0.480 e. The maximum absolute atomic E-state index is 12.2. The van der Waals surface area contributed by atoms with E-state index in [9.17, 15) is 14.7 Å². The number of rotatable bonds is 3. The van der Waals surface area contributed by atoms with E-state index in [0.29, 0.717) is 13.1 Å². The zero-order valence-corrected chi connectivity index (χ0v) is 11.8. The molecule has 1 fully saturated rings. The molecule has 6 heteroatoms. The Hall–Kier alpha value is -1.98. The summed E-state index contributed by atoms with van der Waals surface area (Å²) in [4.78, 5) is 25.1. The second-order valence-corrected chi connectivity index (χ2v) is 5.82. The SMILES string of the molecule is CC1(C)CCCN(C(=O)NCc2ccoc2)C1C(=O)O. The highest BCUT2D eigenvalue weighted by atomic mass is 16.4. The van der Waals surface area contributed by atoms with E-state index in [-0.39, 0.29) is 6.03 Å². The van der Waals surface area contributed by atoms with Crippen LogP contribution >= 0.6 is 0 Å². The number of carbonyl (C=O) groups is 2. The molecule has 1 aliphatic rings. The van der Waals surface area contributed by atoms with Crippen LogP contribution in [-0.2, 0) is 11.3 Å². The van der Waals surface area contributed by atoms with E-state index in [1.807, 2.05) is 13.8 Å². The molecular weight excluding hydrogens is 260 g/mol. The Kier molecular flexibility index (Phi) is 4.01. The molecule has 1 saturated heterocycles. The Morgan fingerprint density at radius 2 is 2.30 bits per heavy atom. The highest BCUT2D eigenvalue weighted by molar-refractivity contribution is 5.83. The first kappa shape index (κ1) is 14.4. The van der Waals surface area contributed by atoms with Crippen LogP contribution in [0.15, 0.2) is 23.0 Å². The minimum Gasteiger partial charge on any atom is -0.480 e. The van der Waals surface area contributed by atoms with Crippen LogP contribution in [0, 0.1) is 5.41 Å². The van der Waals surface area contributed by atoms with Crippen molar-refractivity contribution >= 4 is 12.0 Å². The number of hydrogen-bond acceptors (Lipinski definition) is 3. The van der Waals surface area contributed by atoms with Gasteiger partial charge in [0.05, 0.1) is 12.5 Å². The standard InChI is InChI=1S/C14H20N2O4/c1-14(2)5-3-6-16(11(14)12(17)18)13(19)15-8-10-4-7-20-9-10/h4,7,9,11H,3,5-6,8H2,1-2H3,(H,15,19)(H,17,18). The van der Waals surface area contributed by atoms with Crippen molar-refractivity contribution in [2.45, 2.75) is 39.3 Å². The van der Waals surface area contributed by atoms with Crippen molar-refractivity contribution in [1.29, 1.82) is 0 Å². The molecule has 0 spiro atoms. The lowest BCUT2D eigenvalue weighted by molar-refractivity contribution is -0.148. The summed E-state index contributed by atoms with van der Waals surface area (Å²) in [5.74, 6) is -0.951. The van der Waals surface area contributed by atoms with Crippen LogP contribution in [0.5, 0.6) is 0 Å². The molecule has 0 bridgehead atoms. The number of nitrogens with one attached hydrogen (secondary N) is 1. The second kappa shape index (κ2) is 5.56. The van der Waals surface area contributed by atoms with Gasteiger partial charge in [0.1, 0.15) is 6.04 Å². The van der Waals surface area contributed by atoms with E-state index in [4.69, 9.17) is 4.42 Å². The molecule has 2 N–H and O–H groups in total. The van der Waals surface area contributed by atoms with Gasteiger partial charge < -0.3 is 19.7 Å². The van der Waals surface area contributed by atoms with Gasteiger partial charge in [-0.25, -0.2) is 9.59 Å². The maximum atomic E-state index is 12.2. The Morgan fingerprint density at radius 3 is 2.90 bits per heavy atom. The number of urea groups is 1. The van der Waals surface area contributed by atoms with Gasteiger partial charge >= 0.3 is 12.0 Å². The van der Waals surface area contributed by atoms with Crippen molar-refractivity contribution in [2.75, 3.05) is 6.54 Å². The van der Waals surface area contributed by atoms with Crippen LogP contribution in [-0.4, -0.2) is 34.6 Å². The van der Waals surface area contributed by atoms with Gasteiger partial charge in [0, 0.05) is 18.7 Å². The molecule has 1 aliphatic heterocycles. The Labute approximate surface area is 117 Å². The van der Waals surface area contributed by atoms with E-state index in [1.165, 1.54) is 11.2 Å². The lowest BCUT2D eigenvalue weighted by Crippen LogP contribution is -2.58. The smallest absolute Gasteiger partial charge is 0.327 e. The van der Waals surface area contributed by atoms with Gasteiger partial charge in [0.15, 0.2) is 0 Å². The topological polar surface area (TPSA) is 82.8 Å². The van der Waals surface area contributed by atoms with Crippen LogP contribution < -0.4 is 5.32 Å². The van der Waals surface area contributed by atoms with Gasteiger partial charge in [-0.3, -0.25) is 0 Å². The molecule has 2 rings (SSSR count). The number of carboxylic acids is 1. The third kappa shape index (κ3) is 2.95. The van der Waals surface area contributed by atoms with Gasteiger partial charge in [0.25, 0.3) is 0 Å². The molecule has 1 unspecified atom stereocenters. The van der Waals surface area contributed by atoms with Crippen molar-refractivity contribution in [3.05, 3.63) is 24.2 Å². The third-order valence-electron chi connectivity index (χ3n) is 3.79. The van der Waals surface area contributed by atoms with Crippen LogP contribution in [0.1, 0.15) is 32.3 Å². The lowest BCUT2D eigenvalue weighted by atomic mass is 9.76. The molecule has 1 aromatic rings. The molecule has 110 valence electrons. The van der Waals surface area contributed by atoms with Gasteiger partial charge in [-0.1, -0.05) is 13.8 Å². The van der Waals surface area contributed by atoms with Crippen LogP contribution in [0.2, 0.25) is 0 Å². The molecule has 20 heavy (non-hydrogen) atoms. The number of carbonyl (C=O) groups excluding carboxylic acids is 1. The highest BCUT2D eigenvalue weighted by Gasteiger charge is 2.44. The number of carboxylic acid groups (broad SMARTS) is 1. The number of amides is 2. The Bertz CT molecular complexity index is 481. The number of piperidine rings is 1. The number of aliphatic carboxylic acids is 1. The Morgan fingerprint density at radius 1 is 1.55 bits per heavy atom. The number of nitrogens with zero attached hydrogens (tertiary/aromatic N) is 1. The van der Waals surface area contributed by atoms with Gasteiger partial charge in [-0.2, -0.15) is 0 Å². The zero-order valence-electron chi connectivity index (χ0n) is 11.8. The average molecular weight is 280 g/mol. The molecular formula is C14H20N2O4. The molecule has 6 nitrogen and oxygen atoms in total. The summed E-state index contributed by atoms with van der Waals surface area (Å²) in [6.45, 7) is 4.58. The lowest BCUT2D eigenvalue weighted by Gasteiger charge is -2.43. The van der Waals surface area contributed by atoms with E-state index in [0.717, 1.165) is 18.4 Å². The highest BCUT2D eigenvalue weighted by Crippen LogP contribution is 2.35. The van der Waals surface area contributed by atoms with Crippen molar-refractivity contribution in [3.63, 3.8) is 0 Å². The third-order valence-corrected chi connectivity index (χ3v) is 3.79. The van der Waals surface area contributed by atoms with Crippen molar-refractivity contribution in [3.8, 4) is 0 Å². The minimum absolute atomic E-state index is 0.332. The Balaban J connectivity index is 2.04. The summed E-state index contributed by atoms with van der Waals surface area (Å²) in [6, 6.07) is 0.627. The average Bonchev–Trinajstić information content (AvgIpc) is 2.86. The molecule has 0 aromatic carbocycles. The maximum Gasteiger partial charge on any atom is 0.327 e. The van der Waals surface area contributed by atoms with Gasteiger partial charge in [0.2, 0.25) is 0 Å². The van der Waals surface area contributed by atoms with Gasteiger partial charge in [-0.15, -0.1) is 0 Å². The molecule has 0 aliphatic carbocycles. The fourth-order valence-electron chi connectivity index (χ4n) is 2.75. The molecule has 0 radical (unpaired) electrons. The number of likely N-dealkylation sites (tertiary alicyclic amines) is 1. The van der Waals surface area contributed by atoms with E-state index in [2.05, 4.69) is 5.32 Å². The summed E-state index contributed by atoms with van der Waals surface area (Å²) >= 11 is 0. The van der Waals surface area contributed by atoms with Crippen LogP contribution in [0.25, 0.3) is 0 Å². The van der Waals surface area contributed by atoms with E-state index >= 15 is 0 Å². The predicted octanol–water partition coefficient (Wildman–Crippen LogP) is 2.06. The van der Waals surface area contributed by atoms with E-state index in [1.54, 1.807) is 12.3 Å². The first-order valence-corrected chi connectivity index (χ1v) is 6.70. The number of hydrogen-bond donors (Lipinski definition) is 2. The quantitative estimate of drug-likeness (QED) is 0.887.